The van der Waals surface area contributed by atoms with Crippen LogP contribution < -0.4 is 10.6 Å². The maximum atomic E-state index is 12.5. The Morgan fingerprint density at radius 2 is 2.15 bits per heavy atom. The Hall–Kier alpha value is -2.88. The van der Waals surface area contributed by atoms with Crippen molar-refractivity contribution in [3.63, 3.8) is 0 Å². The number of hydrogen-bond donors (Lipinski definition) is 2. The van der Waals surface area contributed by atoms with Crippen molar-refractivity contribution in [2.45, 2.75) is 33.0 Å². The molecule has 142 valence electrons. The molecule has 0 spiro atoms. The normalized spacial score (nSPS) is 10.7. The maximum Gasteiger partial charge on any atom is 0.274 e. The summed E-state index contributed by atoms with van der Waals surface area (Å²) in [5.41, 5.74) is 0.541. The number of carbonyl (C=O) groups excluding carboxylic acids is 2. The van der Waals surface area contributed by atoms with Crippen LogP contribution in [0.15, 0.2) is 45.9 Å². The Kier molecular flexibility index (Phi) is 6.07. The van der Waals surface area contributed by atoms with Gasteiger partial charge in [-0.15, -0.1) is 0 Å². The van der Waals surface area contributed by atoms with E-state index >= 15 is 0 Å². The van der Waals surface area contributed by atoms with Crippen LogP contribution in [0.5, 0.6) is 0 Å². The minimum absolute atomic E-state index is 0.165. The van der Waals surface area contributed by atoms with E-state index in [0.717, 1.165) is 4.47 Å². The zero-order valence-corrected chi connectivity index (χ0v) is 16.3. The first kappa shape index (κ1) is 18.9. The molecule has 2 amide bonds. The summed E-state index contributed by atoms with van der Waals surface area (Å²) in [6.45, 7) is 3.15. The van der Waals surface area contributed by atoms with Crippen molar-refractivity contribution < 1.29 is 14.0 Å². The quantitative estimate of drug-likeness (QED) is 0.565. The van der Waals surface area contributed by atoms with Gasteiger partial charge in [-0.1, -0.05) is 0 Å². The molecule has 0 aliphatic heterocycles. The highest BCUT2D eigenvalue weighted by molar-refractivity contribution is 9.10. The van der Waals surface area contributed by atoms with Crippen LogP contribution >= 0.6 is 15.9 Å². The third kappa shape index (κ3) is 5.07. The fraction of sp³-hybridized carbons (Fsp3) is 0.294. The molecule has 3 heterocycles. The average molecular weight is 435 g/mol. The van der Waals surface area contributed by atoms with Crippen molar-refractivity contribution in [3.8, 4) is 0 Å². The number of carbonyl (C=O) groups is 2. The molecular formula is C17H19BrN6O3. The number of anilines is 1. The summed E-state index contributed by atoms with van der Waals surface area (Å²) in [6.07, 6.45) is 6.85. The molecule has 10 heteroatoms. The van der Waals surface area contributed by atoms with Crippen molar-refractivity contribution in [2.75, 3.05) is 5.32 Å². The highest BCUT2D eigenvalue weighted by Gasteiger charge is 2.18. The second kappa shape index (κ2) is 8.67. The summed E-state index contributed by atoms with van der Waals surface area (Å²) < 4.78 is 9.31. The summed E-state index contributed by atoms with van der Waals surface area (Å²) in [4.78, 5) is 24.7. The molecule has 0 radical (unpaired) electrons. The largest absolute Gasteiger partial charge is 0.467 e. The molecule has 0 aliphatic carbocycles. The van der Waals surface area contributed by atoms with Gasteiger partial charge in [0.15, 0.2) is 5.69 Å². The molecule has 0 bridgehead atoms. The van der Waals surface area contributed by atoms with Crippen molar-refractivity contribution in [1.29, 1.82) is 0 Å². The van der Waals surface area contributed by atoms with Crippen LogP contribution in [0.25, 0.3) is 0 Å². The summed E-state index contributed by atoms with van der Waals surface area (Å²) in [5, 5.41) is 13.8. The zero-order valence-electron chi connectivity index (χ0n) is 14.7. The van der Waals surface area contributed by atoms with E-state index in [2.05, 4.69) is 36.8 Å². The Morgan fingerprint density at radius 3 is 2.81 bits per heavy atom. The van der Waals surface area contributed by atoms with Crippen molar-refractivity contribution in [3.05, 3.63) is 52.9 Å². The lowest BCUT2D eigenvalue weighted by Gasteiger charge is -2.06. The van der Waals surface area contributed by atoms with Gasteiger partial charge in [-0.2, -0.15) is 10.2 Å². The number of aryl methyl sites for hydroxylation is 2. The van der Waals surface area contributed by atoms with E-state index in [-0.39, 0.29) is 30.5 Å². The number of aromatic nitrogens is 4. The van der Waals surface area contributed by atoms with Crippen LogP contribution in [0, 0.1) is 0 Å². The Balaban J connectivity index is 1.62. The van der Waals surface area contributed by atoms with Gasteiger partial charge in [0.2, 0.25) is 5.91 Å². The zero-order chi connectivity index (χ0) is 19.2. The lowest BCUT2D eigenvalue weighted by atomic mass is 10.3. The van der Waals surface area contributed by atoms with E-state index in [0.29, 0.717) is 24.5 Å². The van der Waals surface area contributed by atoms with Crippen LogP contribution in [0.3, 0.4) is 0 Å². The lowest BCUT2D eigenvalue weighted by Crippen LogP contribution is -2.25. The van der Waals surface area contributed by atoms with Gasteiger partial charge < -0.3 is 15.1 Å². The minimum atomic E-state index is -0.384. The van der Waals surface area contributed by atoms with E-state index in [4.69, 9.17) is 4.42 Å². The number of amides is 2. The van der Waals surface area contributed by atoms with E-state index < -0.39 is 0 Å². The molecule has 0 fully saturated rings. The number of nitrogens with one attached hydrogen (secondary N) is 2. The van der Waals surface area contributed by atoms with Gasteiger partial charge >= 0.3 is 0 Å². The van der Waals surface area contributed by atoms with Gasteiger partial charge in [0.25, 0.3) is 5.91 Å². The molecule has 0 aliphatic rings. The average Bonchev–Trinajstić information content (AvgIpc) is 3.39. The Bertz CT molecular complexity index is 915. The topological polar surface area (TPSA) is 107 Å². The summed E-state index contributed by atoms with van der Waals surface area (Å²) in [5.74, 6) is 0.0245. The molecule has 0 unspecified atom stereocenters. The maximum absolute atomic E-state index is 12.5. The first-order chi connectivity index (χ1) is 13.0. The number of halogens is 1. The molecule has 3 aromatic heterocycles. The molecule has 0 saturated heterocycles. The van der Waals surface area contributed by atoms with Gasteiger partial charge in [-0.3, -0.25) is 19.0 Å². The fourth-order valence-corrected chi connectivity index (χ4v) is 2.72. The SMILES string of the molecule is CCn1cc(NC(=O)CCn2cc(Br)cn2)c(C(=O)NCc2ccco2)n1. The fourth-order valence-electron chi connectivity index (χ4n) is 2.40. The van der Waals surface area contributed by atoms with Crippen molar-refractivity contribution >= 4 is 33.4 Å². The highest BCUT2D eigenvalue weighted by Crippen LogP contribution is 2.15. The standard InChI is InChI=1S/C17H19BrN6O3/c1-2-23-11-14(21-15(25)5-6-24-10-12(18)8-20-24)16(22-23)17(26)19-9-13-4-3-7-27-13/h3-4,7-8,10-11H,2,5-6,9H2,1H3,(H,19,26)(H,21,25). The van der Waals surface area contributed by atoms with Gasteiger partial charge in [-0.05, 0) is 35.0 Å². The second-order valence-corrected chi connectivity index (χ2v) is 6.64. The molecule has 3 aromatic rings. The van der Waals surface area contributed by atoms with Gasteiger partial charge in [0.1, 0.15) is 5.76 Å². The van der Waals surface area contributed by atoms with Gasteiger partial charge in [0.05, 0.1) is 29.2 Å². The Morgan fingerprint density at radius 1 is 1.30 bits per heavy atom. The molecule has 0 saturated carbocycles. The second-order valence-electron chi connectivity index (χ2n) is 5.73. The molecule has 3 rings (SSSR count). The Labute approximate surface area is 163 Å². The van der Waals surface area contributed by atoms with Crippen LogP contribution in [0.1, 0.15) is 29.6 Å². The first-order valence-corrected chi connectivity index (χ1v) is 9.20. The summed E-state index contributed by atoms with van der Waals surface area (Å²) in [7, 11) is 0. The predicted octanol–water partition coefficient (Wildman–Crippen LogP) is 2.41. The van der Waals surface area contributed by atoms with Gasteiger partial charge in [0, 0.05) is 31.9 Å². The van der Waals surface area contributed by atoms with E-state index in [1.54, 1.807) is 40.1 Å². The molecule has 0 atom stereocenters. The third-order valence-corrected chi connectivity index (χ3v) is 4.16. The highest BCUT2D eigenvalue weighted by atomic mass is 79.9. The third-order valence-electron chi connectivity index (χ3n) is 3.75. The molecule has 2 N–H and O–H groups in total. The number of nitrogens with zero attached hydrogens (tertiary/aromatic N) is 4. The molecule has 9 nitrogen and oxygen atoms in total. The van der Waals surface area contributed by atoms with Crippen LogP contribution in [-0.2, 0) is 24.4 Å². The van der Waals surface area contributed by atoms with E-state index in [1.165, 1.54) is 6.26 Å². The van der Waals surface area contributed by atoms with E-state index in [1.807, 2.05) is 6.92 Å². The van der Waals surface area contributed by atoms with E-state index in [9.17, 15) is 9.59 Å². The smallest absolute Gasteiger partial charge is 0.274 e. The van der Waals surface area contributed by atoms with Crippen LogP contribution in [0.2, 0.25) is 0 Å². The number of rotatable bonds is 8. The molecule has 0 aromatic carbocycles. The number of hydrogen-bond acceptors (Lipinski definition) is 5. The minimum Gasteiger partial charge on any atom is -0.467 e. The van der Waals surface area contributed by atoms with Gasteiger partial charge in [-0.25, -0.2) is 0 Å². The summed E-state index contributed by atoms with van der Waals surface area (Å²) >= 11 is 3.31. The molecular weight excluding hydrogens is 416 g/mol. The summed E-state index contributed by atoms with van der Waals surface area (Å²) in [6, 6.07) is 3.51. The van der Waals surface area contributed by atoms with Crippen LogP contribution in [0.4, 0.5) is 5.69 Å². The molecule has 27 heavy (non-hydrogen) atoms. The van der Waals surface area contributed by atoms with Crippen LogP contribution in [-0.4, -0.2) is 31.4 Å². The number of furan rings is 1. The first-order valence-electron chi connectivity index (χ1n) is 8.41. The predicted molar refractivity (Wildman–Crippen MR) is 101 cm³/mol. The lowest BCUT2D eigenvalue weighted by molar-refractivity contribution is -0.116. The van der Waals surface area contributed by atoms with Crippen molar-refractivity contribution in [1.82, 2.24) is 24.9 Å². The van der Waals surface area contributed by atoms with Crippen molar-refractivity contribution in [2.24, 2.45) is 0 Å². The monoisotopic (exact) mass is 434 g/mol.